The molecule has 172 valence electrons. The molecule has 0 saturated carbocycles. The van der Waals surface area contributed by atoms with Crippen molar-refractivity contribution in [3.8, 4) is 5.69 Å². The van der Waals surface area contributed by atoms with Crippen LogP contribution >= 0.6 is 11.6 Å². The quantitative estimate of drug-likeness (QED) is 0.637. The molecule has 33 heavy (non-hydrogen) atoms. The predicted octanol–water partition coefficient (Wildman–Crippen LogP) is 3.62. The van der Waals surface area contributed by atoms with Crippen molar-refractivity contribution in [2.24, 2.45) is 5.92 Å². The summed E-state index contributed by atoms with van der Waals surface area (Å²) in [6, 6.07) is 12.4. The Balaban J connectivity index is 1.28. The monoisotopic (exact) mass is 463 g/mol. The molecular formula is C25H30ClN7. The van der Waals surface area contributed by atoms with Crippen LogP contribution in [-0.4, -0.2) is 57.4 Å². The van der Waals surface area contributed by atoms with E-state index in [-0.39, 0.29) is 0 Å². The Hall–Kier alpha value is -2.48. The third-order valence-electron chi connectivity index (χ3n) is 7.31. The average molecular weight is 464 g/mol. The van der Waals surface area contributed by atoms with Crippen LogP contribution in [0.4, 0.5) is 5.82 Å². The Morgan fingerprint density at radius 3 is 2.73 bits per heavy atom. The fourth-order valence-electron chi connectivity index (χ4n) is 5.63. The average Bonchev–Trinajstić information content (AvgIpc) is 3.47. The van der Waals surface area contributed by atoms with Gasteiger partial charge in [0.25, 0.3) is 0 Å². The lowest BCUT2D eigenvalue weighted by atomic mass is 9.95. The van der Waals surface area contributed by atoms with Crippen molar-refractivity contribution < 1.29 is 0 Å². The molecule has 2 fully saturated rings. The van der Waals surface area contributed by atoms with Crippen LogP contribution in [0, 0.1) is 5.92 Å². The van der Waals surface area contributed by atoms with Gasteiger partial charge in [-0.2, -0.15) is 0 Å². The molecule has 0 radical (unpaired) electrons. The van der Waals surface area contributed by atoms with Gasteiger partial charge in [0.1, 0.15) is 11.6 Å². The molecule has 1 N–H and O–H groups in total. The summed E-state index contributed by atoms with van der Waals surface area (Å²) in [6.07, 6.45) is 5.21. The molecule has 0 spiro atoms. The molecule has 6 rings (SSSR count). The highest BCUT2D eigenvalue weighted by molar-refractivity contribution is 6.30. The molecule has 2 aromatic heterocycles. The van der Waals surface area contributed by atoms with Crippen LogP contribution in [0.15, 0.2) is 42.6 Å². The number of fused-ring (bicyclic) bond motifs is 3. The first kappa shape index (κ1) is 21.1. The molecule has 0 aliphatic carbocycles. The first-order valence-corrected chi connectivity index (χ1v) is 12.4. The normalized spacial score (nSPS) is 21.6. The fraction of sp³-hybridized carbons (Fsp3) is 0.480. The number of nitrogens with zero attached hydrogens (tertiary/aromatic N) is 6. The Bertz CT molecular complexity index is 1100. The molecule has 0 bridgehead atoms. The van der Waals surface area contributed by atoms with E-state index in [1.54, 1.807) is 0 Å². The maximum absolute atomic E-state index is 6.43. The van der Waals surface area contributed by atoms with Gasteiger partial charge in [-0.3, -0.25) is 9.47 Å². The Morgan fingerprint density at radius 2 is 1.94 bits per heavy atom. The van der Waals surface area contributed by atoms with Gasteiger partial charge in [-0.25, -0.2) is 4.98 Å². The molecule has 2 saturated heterocycles. The number of nitrogens with one attached hydrogen (secondary N) is 1. The number of benzene rings is 1. The smallest absolute Gasteiger partial charge is 0.151 e. The van der Waals surface area contributed by atoms with Gasteiger partial charge in [-0.1, -0.05) is 17.7 Å². The van der Waals surface area contributed by atoms with Gasteiger partial charge < -0.3 is 10.2 Å². The highest BCUT2D eigenvalue weighted by atomic mass is 35.5. The minimum absolute atomic E-state index is 0.389. The summed E-state index contributed by atoms with van der Waals surface area (Å²) in [7, 11) is 0. The van der Waals surface area contributed by atoms with Gasteiger partial charge in [0.15, 0.2) is 5.82 Å². The van der Waals surface area contributed by atoms with Crippen LogP contribution in [-0.2, 0) is 13.1 Å². The number of anilines is 1. The van der Waals surface area contributed by atoms with Crippen LogP contribution in [0.25, 0.3) is 5.69 Å². The maximum atomic E-state index is 6.43. The van der Waals surface area contributed by atoms with Gasteiger partial charge in [-0.05, 0) is 74.2 Å². The maximum Gasteiger partial charge on any atom is 0.151 e. The molecule has 8 heteroatoms. The molecule has 1 unspecified atom stereocenters. The van der Waals surface area contributed by atoms with E-state index in [9.17, 15) is 0 Å². The number of hydrogen-bond donors (Lipinski definition) is 1. The molecule has 5 heterocycles. The number of pyridine rings is 1. The molecule has 3 aliphatic rings. The van der Waals surface area contributed by atoms with Gasteiger partial charge in [0, 0.05) is 43.3 Å². The summed E-state index contributed by atoms with van der Waals surface area (Å²) in [4.78, 5) is 9.43. The third kappa shape index (κ3) is 4.25. The van der Waals surface area contributed by atoms with E-state index in [1.165, 1.54) is 17.7 Å². The van der Waals surface area contributed by atoms with Crippen LogP contribution in [0.3, 0.4) is 0 Å². The predicted molar refractivity (Wildman–Crippen MR) is 130 cm³/mol. The lowest BCUT2D eigenvalue weighted by Gasteiger charge is -2.32. The molecule has 7 nitrogen and oxygen atoms in total. The van der Waals surface area contributed by atoms with Crippen LogP contribution in [0.2, 0.25) is 5.02 Å². The molecule has 0 amide bonds. The molecular weight excluding hydrogens is 434 g/mol. The summed E-state index contributed by atoms with van der Waals surface area (Å²) >= 11 is 6.43. The van der Waals surface area contributed by atoms with E-state index in [0.717, 1.165) is 81.1 Å². The lowest BCUT2D eigenvalue weighted by molar-refractivity contribution is 0.218. The Labute approximate surface area is 199 Å². The summed E-state index contributed by atoms with van der Waals surface area (Å²) in [6.45, 7) is 6.99. The molecule has 1 atom stereocenters. The zero-order chi connectivity index (χ0) is 22.2. The number of piperidine rings is 1. The highest BCUT2D eigenvalue weighted by Crippen LogP contribution is 2.34. The number of aromatic nitrogens is 4. The first-order chi connectivity index (χ1) is 16.2. The fourth-order valence-corrected chi connectivity index (χ4v) is 5.82. The number of hydrogen-bond acceptors (Lipinski definition) is 6. The topological polar surface area (TPSA) is 62.1 Å². The summed E-state index contributed by atoms with van der Waals surface area (Å²) in [5, 5.41) is 13.8. The van der Waals surface area contributed by atoms with Crippen molar-refractivity contribution in [3.63, 3.8) is 0 Å². The van der Waals surface area contributed by atoms with E-state index in [1.807, 2.05) is 18.3 Å². The van der Waals surface area contributed by atoms with Crippen LogP contribution in [0.5, 0.6) is 0 Å². The molecule has 1 aromatic carbocycles. The minimum Gasteiger partial charge on any atom is -0.357 e. The number of rotatable bonds is 4. The van der Waals surface area contributed by atoms with Gasteiger partial charge >= 0.3 is 0 Å². The van der Waals surface area contributed by atoms with Crippen molar-refractivity contribution in [1.29, 1.82) is 0 Å². The van der Waals surface area contributed by atoms with Crippen molar-refractivity contribution in [3.05, 3.63) is 64.8 Å². The second kappa shape index (κ2) is 9.05. The van der Waals surface area contributed by atoms with Gasteiger partial charge in [0.05, 0.1) is 12.2 Å². The SMILES string of the molecule is Clc1ccc2c(c1)CN(CC1CCNC1)Cc1nnc(C3CCN(c4ccccn4)CC3)n1-2. The van der Waals surface area contributed by atoms with Gasteiger partial charge in [-0.15, -0.1) is 10.2 Å². The zero-order valence-electron chi connectivity index (χ0n) is 18.8. The number of halogens is 1. The third-order valence-corrected chi connectivity index (χ3v) is 7.54. The van der Waals surface area contributed by atoms with Crippen molar-refractivity contribution in [2.75, 3.05) is 37.6 Å². The first-order valence-electron chi connectivity index (χ1n) is 12.1. The summed E-state index contributed by atoms with van der Waals surface area (Å²) in [5.41, 5.74) is 2.45. The summed E-state index contributed by atoms with van der Waals surface area (Å²) in [5.74, 6) is 4.29. The molecule has 3 aromatic rings. The van der Waals surface area contributed by atoms with Crippen molar-refractivity contribution in [1.82, 2.24) is 30.0 Å². The largest absolute Gasteiger partial charge is 0.357 e. The minimum atomic E-state index is 0.389. The van der Waals surface area contributed by atoms with E-state index in [4.69, 9.17) is 21.8 Å². The standard InChI is InChI=1S/C25H30ClN7/c26-21-4-5-22-20(13-21)16-31(15-18-6-10-27-14-18)17-24-29-30-25(33(22)24)19-7-11-32(12-8-19)23-3-1-2-9-28-23/h1-5,9,13,18-19,27H,6-8,10-12,14-17H2. The van der Waals surface area contributed by atoms with E-state index in [2.05, 4.69) is 48.9 Å². The van der Waals surface area contributed by atoms with Crippen molar-refractivity contribution in [2.45, 2.75) is 38.3 Å². The zero-order valence-corrected chi connectivity index (χ0v) is 19.6. The van der Waals surface area contributed by atoms with Crippen LogP contribution < -0.4 is 10.2 Å². The van der Waals surface area contributed by atoms with E-state index >= 15 is 0 Å². The van der Waals surface area contributed by atoms with Crippen molar-refractivity contribution >= 4 is 17.4 Å². The van der Waals surface area contributed by atoms with Gasteiger partial charge in [0.2, 0.25) is 0 Å². The Morgan fingerprint density at radius 1 is 1.03 bits per heavy atom. The Kier molecular flexibility index (Phi) is 5.78. The molecule has 3 aliphatic heterocycles. The second-order valence-corrected chi connectivity index (χ2v) is 10.00. The summed E-state index contributed by atoms with van der Waals surface area (Å²) < 4.78 is 2.33. The van der Waals surface area contributed by atoms with Crippen LogP contribution in [0.1, 0.15) is 42.4 Å². The lowest BCUT2D eigenvalue weighted by Crippen LogP contribution is -2.34. The van der Waals surface area contributed by atoms with E-state index < -0.39 is 0 Å². The van der Waals surface area contributed by atoms with E-state index in [0.29, 0.717) is 11.8 Å². The highest BCUT2D eigenvalue weighted by Gasteiger charge is 2.31. The second-order valence-electron chi connectivity index (χ2n) is 9.56.